The zero-order chi connectivity index (χ0) is 28.8. The number of amides is 1. The molecule has 0 bridgehead atoms. The molecule has 0 spiro atoms. The molecule has 2 heterocycles. The van der Waals surface area contributed by atoms with Gasteiger partial charge in [0.2, 0.25) is 0 Å². The van der Waals surface area contributed by atoms with E-state index in [1.54, 1.807) is 12.1 Å². The molecule has 0 aliphatic carbocycles. The number of pyridine rings is 1. The van der Waals surface area contributed by atoms with E-state index < -0.39 is 55.6 Å². The van der Waals surface area contributed by atoms with E-state index in [1.165, 1.54) is 26.1 Å². The minimum absolute atomic E-state index is 0.0204. The van der Waals surface area contributed by atoms with E-state index in [0.717, 1.165) is 13.0 Å². The lowest BCUT2D eigenvalue weighted by Gasteiger charge is -2.36. The highest BCUT2D eigenvalue weighted by Crippen LogP contribution is 2.54. The maximum absolute atomic E-state index is 14.4. The fourth-order valence-electron chi connectivity index (χ4n) is 4.32. The van der Waals surface area contributed by atoms with Crippen molar-refractivity contribution >= 4 is 19.9 Å². The molecule has 4 atom stereocenters. The molecule has 0 radical (unpaired) electrons. The molecule has 1 aliphatic heterocycles. The van der Waals surface area contributed by atoms with Gasteiger partial charge in [-0.3, -0.25) is 9.78 Å². The maximum atomic E-state index is 14.4. The van der Waals surface area contributed by atoms with E-state index in [2.05, 4.69) is 44.2 Å². The SMILES string of the molecule is Cc1c([C@H]2[C@H](C(=O)Nc3ccc(CO[Si](C)(C)C(C)(C)C)nc3)O[C@@](C)(C(F)(F)F)[C@H]2C)ccc(F)c1F. The number of benzene rings is 1. The van der Waals surface area contributed by atoms with E-state index in [-0.39, 0.29) is 28.5 Å². The summed E-state index contributed by atoms with van der Waals surface area (Å²) in [6.07, 6.45) is -5.03. The Morgan fingerprint density at radius 1 is 1.16 bits per heavy atom. The summed E-state index contributed by atoms with van der Waals surface area (Å²) >= 11 is 0. The molecule has 1 N–H and O–H groups in total. The van der Waals surface area contributed by atoms with Crippen LogP contribution >= 0.6 is 0 Å². The molecular weight excluding hydrogens is 523 g/mol. The van der Waals surface area contributed by atoms with Crippen molar-refractivity contribution in [2.45, 2.75) is 90.1 Å². The van der Waals surface area contributed by atoms with E-state index in [1.807, 2.05) is 0 Å². The van der Waals surface area contributed by atoms with Crippen LogP contribution in [0.25, 0.3) is 0 Å². The molecule has 0 saturated carbocycles. The largest absolute Gasteiger partial charge is 0.417 e. The number of rotatable bonds is 6. The van der Waals surface area contributed by atoms with E-state index >= 15 is 0 Å². The normalized spacial score (nSPS) is 24.5. The van der Waals surface area contributed by atoms with Gasteiger partial charge in [0.15, 0.2) is 25.6 Å². The molecule has 38 heavy (non-hydrogen) atoms. The number of hydrogen-bond donors (Lipinski definition) is 1. The topological polar surface area (TPSA) is 60.5 Å². The van der Waals surface area contributed by atoms with E-state index in [4.69, 9.17) is 9.16 Å². The predicted molar refractivity (Wildman–Crippen MR) is 137 cm³/mol. The van der Waals surface area contributed by atoms with E-state index in [0.29, 0.717) is 5.69 Å². The van der Waals surface area contributed by atoms with Gasteiger partial charge in [-0.1, -0.05) is 33.8 Å². The van der Waals surface area contributed by atoms with Gasteiger partial charge < -0.3 is 14.5 Å². The summed E-state index contributed by atoms with van der Waals surface area (Å²) in [5.74, 6) is -5.59. The van der Waals surface area contributed by atoms with Crippen LogP contribution in [0.4, 0.5) is 27.6 Å². The Morgan fingerprint density at radius 3 is 2.32 bits per heavy atom. The summed E-state index contributed by atoms with van der Waals surface area (Å²) in [7, 11) is -2.00. The summed E-state index contributed by atoms with van der Waals surface area (Å²) in [5, 5.41) is 2.59. The Bertz CT molecular complexity index is 1180. The quantitative estimate of drug-likeness (QED) is 0.299. The van der Waals surface area contributed by atoms with Crippen molar-refractivity contribution in [2.75, 3.05) is 5.32 Å². The number of alkyl halides is 3. The Kier molecular flexibility index (Phi) is 8.19. The van der Waals surface area contributed by atoms with Gasteiger partial charge in [-0.25, -0.2) is 8.78 Å². The summed E-state index contributed by atoms with van der Waals surface area (Å²) in [6, 6.07) is 5.29. The molecule has 5 nitrogen and oxygen atoms in total. The van der Waals surface area contributed by atoms with Crippen LogP contribution in [0.1, 0.15) is 57.4 Å². The van der Waals surface area contributed by atoms with Crippen molar-refractivity contribution < 1.29 is 35.9 Å². The fraction of sp³-hybridized carbons (Fsp3) is 0.556. The van der Waals surface area contributed by atoms with Crippen LogP contribution in [0, 0.1) is 24.5 Å². The fourth-order valence-corrected chi connectivity index (χ4v) is 5.26. The highest BCUT2D eigenvalue weighted by atomic mass is 28.4. The zero-order valence-corrected chi connectivity index (χ0v) is 23.9. The number of carbonyl (C=O) groups excluding carboxylic acids is 1. The number of halogens is 5. The molecule has 1 aliphatic rings. The molecule has 1 aromatic carbocycles. The molecule has 1 aromatic heterocycles. The van der Waals surface area contributed by atoms with Crippen molar-refractivity contribution in [1.29, 1.82) is 0 Å². The van der Waals surface area contributed by atoms with Crippen LogP contribution in [-0.2, 0) is 20.6 Å². The molecule has 3 rings (SSSR count). The molecule has 210 valence electrons. The third kappa shape index (κ3) is 5.65. The lowest BCUT2D eigenvalue weighted by molar-refractivity contribution is -0.272. The number of aromatic nitrogens is 1. The van der Waals surface area contributed by atoms with Crippen molar-refractivity contribution in [2.24, 2.45) is 5.92 Å². The van der Waals surface area contributed by atoms with Crippen LogP contribution in [0.2, 0.25) is 18.1 Å². The number of carbonyl (C=O) groups is 1. The van der Waals surface area contributed by atoms with Crippen LogP contribution in [0.15, 0.2) is 30.5 Å². The Hall–Kier alpha value is -2.37. The van der Waals surface area contributed by atoms with Gasteiger partial charge in [0.25, 0.3) is 5.91 Å². The smallest absolute Gasteiger partial charge is 0.411 e. The van der Waals surface area contributed by atoms with Gasteiger partial charge in [0.05, 0.1) is 24.2 Å². The highest BCUT2D eigenvalue weighted by Gasteiger charge is 2.65. The summed E-state index contributed by atoms with van der Waals surface area (Å²) < 4.78 is 81.8. The van der Waals surface area contributed by atoms with Gasteiger partial charge in [-0.15, -0.1) is 0 Å². The minimum Gasteiger partial charge on any atom is -0.411 e. The Labute approximate surface area is 221 Å². The van der Waals surface area contributed by atoms with Crippen molar-refractivity contribution in [3.05, 3.63) is 58.9 Å². The minimum atomic E-state index is -4.81. The summed E-state index contributed by atoms with van der Waals surface area (Å²) in [6.45, 7) is 14.3. The first kappa shape index (κ1) is 30.2. The summed E-state index contributed by atoms with van der Waals surface area (Å²) in [4.78, 5) is 17.6. The Balaban J connectivity index is 1.85. The predicted octanol–water partition coefficient (Wildman–Crippen LogP) is 7.27. The third-order valence-electron chi connectivity index (χ3n) is 8.15. The van der Waals surface area contributed by atoms with Crippen molar-refractivity contribution in [1.82, 2.24) is 4.98 Å². The standard InChI is InChI=1S/C27H35F5N2O3Si/c1-15-19(11-12-20(28)22(15)29)21-16(2)26(6,27(30,31)32)37-23(21)24(35)34-17-9-10-18(33-13-17)14-36-38(7,8)25(3,4)5/h9-13,16,21,23H,14H2,1-8H3,(H,34,35)/t16-,21-,23+,26+/m0/s1. The first-order valence-electron chi connectivity index (χ1n) is 12.4. The van der Waals surface area contributed by atoms with Crippen molar-refractivity contribution in [3.8, 4) is 0 Å². The van der Waals surface area contributed by atoms with Crippen LogP contribution in [-0.4, -0.2) is 37.1 Å². The van der Waals surface area contributed by atoms with Crippen LogP contribution in [0.5, 0.6) is 0 Å². The van der Waals surface area contributed by atoms with Crippen LogP contribution in [0.3, 0.4) is 0 Å². The molecule has 2 aromatic rings. The number of nitrogens with zero attached hydrogens (tertiary/aromatic N) is 1. The Morgan fingerprint density at radius 2 is 1.79 bits per heavy atom. The molecule has 1 saturated heterocycles. The van der Waals surface area contributed by atoms with Crippen molar-refractivity contribution in [3.63, 3.8) is 0 Å². The zero-order valence-electron chi connectivity index (χ0n) is 22.9. The second kappa shape index (κ2) is 10.3. The third-order valence-corrected chi connectivity index (χ3v) is 12.6. The average molecular weight is 559 g/mol. The summed E-state index contributed by atoms with van der Waals surface area (Å²) in [5.41, 5.74) is -1.87. The molecular formula is C27H35F5N2O3Si. The highest BCUT2D eigenvalue weighted by molar-refractivity contribution is 6.74. The lowest BCUT2D eigenvalue weighted by atomic mass is 9.76. The number of hydrogen-bond acceptors (Lipinski definition) is 4. The van der Waals surface area contributed by atoms with Gasteiger partial charge in [-0.05, 0) is 61.3 Å². The second-order valence-corrected chi connectivity index (χ2v) is 16.4. The number of ether oxygens (including phenoxy) is 1. The number of nitrogens with one attached hydrogen (secondary N) is 1. The second-order valence-electron chi connectivity index (χ2n) is 11.6. The molecule has 11 heteroatoms. The molecule has 1 amide bonds. The van der Waals surface area contributed by atoms with Gasteiger partial charge in [0.1, 0.15) is 6.10 Å². The van der Waals surface area contributed by atoms with Gasteiger partial charge in [-0.2, -0.15) is 13.2 Å². The lowest BCUT2D eigenvalue weighted by Crippen LogP contribution is -2.47. The maximum Gasteiger partial charge on any atom is 0.417 e. The number of anilines is 1. The molecule has 0 unspecified atom stereocenters. The van der Waals surface area contributed by atoms with Crippen LogP contribution < -0.4 is 5.32 Å². The first-order valence-corrected chi connectivity index (χ1v) is 15.3. The first-order chi connectivity index (χ1) is 17.3. The average Bonchev–Trinajstić information content (AvgIpc) is 3.08. The monoisotopic (exact) mass is 558 g/mol. The van der Waals surface area contributed by atoms with E-state index in [9.17, 15) is 26.7 Å². The molecule has 1 fully saturated rings. The van der Waals surface area contributed by atoms with Gasteiger partial charge in [0, 0.05) is 11.8 Å². The van der Waals surface area contributed by atoms with Gasteiger partial charge >= 0.3 is 6.18 Å².